The molecule has 0 atom stereocenters. The summed E-state index contributed by atoms with van der Waals surface area (Å²) in [5, 5.41) is 18.2. The molecule has 1 aromatic rings. The van der Waals surface area contributed by atoms with Crippen LogP contribution < -0.4 is 4.74 Å². The molecule has 92 valence electrons. The summed E-state index contributed by atoms with van der Waals surface area (Å²) in [6, 6.07) is 4.79. The van der Waals surface area contributed by atoms with Crippen molar-refractivity contribution in [1.82, 2.24) is 0 Å². The van der Waals surface area contributed by atoms with E-state index >= 15 is 0 Å². The third kappa shape index (κ3) is 3.83. The number of phenolic OH excluding ortho intramolecular Hbond substituents is 1. The number of carboxylic acid groups (broad SMARTS) is 1. The van der Waals surface area contributed by atoms with Gasteiger partial charge in [-0.1, -0.05) is 13.0 Å². The number of hydrogen-bond donors (Lipinski definition) is 2. The molecule has 0 heterocycles. The standard InChI is InChI=1S/C13H16O4/c1-3-6-17-12-8-10(4-5-11(12)14)9(2)7-13(15)16/h4-5,7-8,14H,3,6H2,1-2H3,(H,15,16). The minimum Gasteiger partial charge on any atom is -0.504 e. The van der Waals surface area contributed by atoms with Gasteiger partial charge in [0.15, 0.2) is 11.5 Å². The quantitative estimate of drug-likeness (QED) is 0.771. The number of phenols is 1. The predicted octanol–water partition coefficient (Wildman–Crippen LogP) is 2.67. The molecule has 0 aromatic heterocycles. The highest BCUT2D eigenvalue weighted by Crippen LogP contribution is 2.29. The molecule has 1 rings (SSSR count). The van der Waals surface area contributed by atoms with Crippen LogP contribution in [0.15, 0.2) is 24.3 Å². The molecule has 0 aliphatic heterocycles. The summed E-state index contributed by atoms with van der Waals surface area (Å²) >= 11 is 0. The molecule has 0 aliphatic rings. The highest BCUT2D eigenvalue weighted by atomic mass is 16.5. The van der Waals surface area contributed by atoms with Crippen LogP contribution in [0.25, 0.3) is 5.57 Å². The number of ether oxygens (including phenoxy) is 1. The summed E-state index contributed by atoms with van der Waals surface area (Å²) in [6.45, 7) is 4.18. The molecule has 0 spiro atoms. The lowest BCUT2D eigenvalue weighted by molar-refractivity contribution is -0.131. The molecule has 4 nitrogen and oxygen atoms in total. The Morgan fingerprint density at radius 2 is 2.18 bits per heavy atom. The van der Waals surface area contributed by atoms with Crippen LogP contribution in [0, 0.1) is 0 Å². The van der Waals surface area contributed by atoms with E-state index in [1.165, 1.54) is 6.07 Å². The third-order valence-corrected chi connectivity index (χ3v) is 2.22. The van der Waals surface area contributed by atoms with E-state index in [4.69, 9.17) is 9.84 Å². The van der Waals surface area contributed by atoms with Crippen LogP contribution in [0.5, 0.6) is 11.5 Å². The van der Waals surface area contributed by atoms with Gasteiger partial charge in [0, 0.05) is 6.08 Å². The van der Waals surface area contributed by atoms with Gasteiger partial charge >= 0.3 is 5.97 Å². The Balaban J connectivity index is 2.99. The lowest BCUT2D eigenvalue weighted by Gasteiger charge is -2.09. The van der Waals surface area contributed by atoms with Crippen molar-refractivity contribution in [2.45, 2.75) is 20.3 Å². The molecule has 0 aliphatic carbocycles. The van der Waals surface area contributed by atoms with Crippen molar-refractivity contribution in [3.05, 3.63) is 29.8 Å². The lowest BCUT2D eigenvalue weighted by Crippen LogP contribution is -1.96. The summed E-state index contributed by atoms with van der Waals surface area (Å²) in [7, 11) is 0. The summed E-state index contributed by atoms with van der Waals surface area (Å²) in [4.78, 5) is 10.5. The van der Waals surface area contributed by atoms with Gasteiger partial charge in [-0.2, -0.15) is 0 Å². The van der Waals surface area contributed by atoms with Crippen LogP contribution in [0.3, 0.4) is 0 Å². The van der Waals surface area contributed by atoms with Gasteiger partial charge < -0.3 is 14.9 Å². The second kappa shape index (κ2) is 5.94. The maximum Gasteiger partial charge on any atom is 0.328 e. The minimum atomic E-state index is -0.994. The van der Waals surface area contributed by atoms with Crippen LogP contribution in [0.4, 0.5) is 0 Å². The van der Waals surface area contributed by atoms with E-state index in [9.17, 15) is 9.90 Å². The largest absolute Gasteiger partial charge is 0.504 e. The Hall–Kier alpha value is -1.97. The molecule has 0 saturated carbocycles. The molecule has 2 N–H and O–H groups in total. The second-order valence-corrected chi connectivity index (χ2v) is 3.70. The third-order valence-electron chi connectivity index (χ3n) is 2.22. The molecular formula is C13H16O4. The number of allylic oxidation sites excluding steroid dienone is 1. The van der Waals surface area contributed by atoms with Crippen LogP contribution >= 0.6 is 0 Å². The van der Waals surface area contributed by atoms with Gasteiger partial charge in [-0.25, -0.2) is 4.79 Å². The van der Waals surface area contributed by atoms with Crippen LogP contribution in [0.1, 0.15) is 25.8 Å². The van der Waals surface area contributed by atoms with Crippen molar-refractivity contribution in [3.8, 4) is 11.5 Å². The van der Waals surface area contributed by atoms with Crippen molar-refractivity contribution in [3.63, 3.8) is 0 Å². The first-order valence-corrected chi connectivity index (χ1v) is 5.42. The van der Waals surface area contributed by atoms with Crippen molar-refractivity contribution in [2.75, 3.05) is 6.61 Å². The number of rotatable bonds is 5. The number of carbonyl (C=O) groups is 1. The van der Waals surface area contributed by atoms with Crippen molar-refractivity contribution in [2.24, 2.45) is 0 Å². The molecule has 0 fully saturated rings. The van der Waals surface area contributed by atoms with E-state index in [0.717, 1.165) is 18.1 Å². The molecular weight excluding hydrogens is 220 g/mol. The minimum absolute atomic E-state index is 0.0605. The van der Waals surface area contributed by atoms with E-state index in [1.54, 1.807) is 19.1 Å². The van der Waals surface area contributed by atoms with Crippen molar-refractivity contribution < 1.29 is 19.7 Å². The first-order valence-electron chi connectivity index (χ1n) is 5.42. The topological polar surface area (TPSA) is 66.8 Å². The zero-order valence-electron chi connectivity index (χ0n) is 9.93. The zero-order valence-corrected chi connectivity index (χ0v) is 9.93. The Kier molecular flexibility index (Phi) is 4.57. The highest BCUT2D eigenvalue weighted by molar-refractivity contribution is 5.89. The van der Waals surface area contributed by atoms with Crippen molar-refractivity contribution >= 4 is 11.5 Å². The first kappa shape index (κ1) is 13.1. The molecule has 0 bridgehead atoms. The van der Waals surface area contributed by atoms with Crippen LogP contribution in [-0.2, 0) is 4.79 Å². The average Bonchev–Trinajstić information content (AvgIpc) is 2.27. The predicted molar refractivity (Wildman–Crippen MR) is 65.2 cm³/mol. The van der Waals surface area contributed by atoms with Crippen molar-refractivity contribution in [1.29, 1.82) is 0 Å². The molecule has 1 aromatic carbocycles. The SMILES string of the molecule is CCCOc1cc(C(C)=CC(=O)O)ccc1O. The zero-order chi connectivity index (χ0) is 12.8. The molecule has 17 heavy (non-hydrogen) atoms. The van der Waals surface area contributed by atoms with E-state index in [2.05, 4.69) is 0 Å². The molecule has 0 amide bonds. The lowest BCUT2D eigenvalue weighted by atomic mass is 10.1. The normalized spacial score (nSPS) is 11.3. The maximum atomic E-state index is 10.5. The summed E-state index contributed by atoms with van der Waals surface area (Å²) in [5.41, 5.74) is 1.33. The molecule has 0 unspecified atom stereocenters. The smallest absolute Gasteiger partial charge is 0.328 e. The van der Waals surface area contributed by atoms with Gasteiger partial charge in [0.25, 0.3) is 0 Å². The van der Waals surface area contributed by atoms with Gasteiger partial charge in [0.2, 0.25) is 0 Å². The maximum absolute atomic E-state index is 10.5. The summed E-state index contributed by atoms with van der Waals surface area (Å²) in [5.74, 6) is -0.556. The van der Waals surface area contributed by atoms with E-state index in [0.29, 0.717) is 17.9 Å². The van der Waals surface area contributed by atoms with E-state index < -0.39 is 5.97 Å². The number of hydrogen-bond acceptors (Lipinski definition) is 3. The summed E-state index contributed by atoms with van der Waals surface area (Å²) < 4.78 is 5.36. The summed E-state index contributed by atoms with van der Waals surface area (Å²) in [6.07, 6.45) is 1.96. The second-order valence-electron chi connectivity index (χ2n) is 3.70. The highest BCUT2D eigenvalue weighted by Gasteiger charge is 2.05. The van der Waals surface area contributed by atoms with Gasteiger partial charge in [-0.3, -0.25) is 0 Å². The van der Waals surface area contributed by atoms with E-state index in [1.807, 2.05) is 6.92 Å². The molecule has 0 saturated heterocycles. The first-order chi connectivity index (χ1) is 8.04. The average molecular weight is 236 g/mol. The Labute approximate surface area is 100 Å². The van der Waals surface area contributed by atoms with Gasteiger partial charge in [-0.05, 0) is 36.6 Å². The molecule has 4 heteroatoms. The number of benzene rings is 1. The number of aliphatic carboxylic acids is 1. The fourth-order valence-corrected chi connectivity index (χ4v) is 1.36. The van der Waals surface area contributed by atoms with Gasteiger partial charge in [-0.15, -0.1) is 0 Å². The number of carboxylic acids is 1. The fraction of sp³-hybridized carbons (Fsp3) is 0.308. The monoisotopic (exact) mass is 236 g/mol. The van der Waals surface area contributed by atoms with E-state index in [-0.39, 0.29) is 5.75 Å². The Morgan fingerprint density at radius 3 is 2.76 bits per heavy atom. The fourth-order valence-electron chi connectivity index (χ4n) is 1.36. The van der Waals surface area contributed by atoms with Crippen LogP contribution in [-0.4, -0.2) is 22.8 Å². The van der Waals surface area contributed by atoms with Gasteiger partial charge in [0.1, 0.15) is 0 Å². The Morgan fingerprint density at radius 1 is 1.47 bits per heavy atom. The number of aromatic hydroxyl groups is 1. The molecule has 0 radical (unpaired) electrons. The Bertz CT molecular complexity index is 435. The van der Waals surface area contributed by atoms with Gasteiger partial charge in [0.05, 0.1) is 6.61 Å². The van der Waals surface area contributed by atoms with Crippen LogP contribution in [0.2, 0.25) is 0 Å².